The Balaban J connectivity index is 1.83. The first kappa shape index (κ1) is 16.3. The van der Waals surface area contributed by atoms with E-state index in [1.165, 1.54) is 5.56 Å². The molecule has 0 saturated carbocycles. The summed E-state index contributed by atoms with van der Waals surface area (Å²) in [5.41, 5.74) is 2.04. The van der Waals surface area contributed by atoms with Gasteiger partial charge in [-0.1, -0.05) is 53.9 Å². The molecule has 2 aromatic rings. The molecule has 112 valence electrons. The molecule has 0 spiro atoms. The topological polar surface area (TPSA) is 21.3 Å². The molecule has 0 bridgehead atoms. The largest absolute Gasteiger partial charge is 0.492 e. The van der Waals surface area contributed by atoms with Gasteiger partial charge in [0.15, 0.2) is 0 Å². The molecule has 0 amide bonds. The summed E-state index contributed by atoms with van der Waals surface area (Å²) in [5.74, 6) is 0.856. The lowest BCUT2D eigenvalue weighted by atomic mass is 10.2. The van der Waals surface area contributed by atoms with Gasteiger partial charge in [-0.05, 0) is 36.2 Å². The molecule has 0 atom stereocenters. The maximum Gasteiger partial charge on any atom is 0.119 e. The average Bonchev–Trinajstić information content (AvgIpc) is 2.49. The number of hydrogen-bond donors (Lipinski definition) is 1. The highest BCUT2D eigenvalue weighted by Crippen LogP contribution is 2.32. The van der Waals surface area contributed by atoms with E-state index in [1.807, 2.05) is 12.1 Å². The number of ether oxygens (including phenoxy) is 1. The first-order valence-corrected chi connectivity index (χ1v) is 7.83. The Morgan fingerprint density at radius 2 is 1.62 bits per heavy atom. The van der Waals surface area contributed by atoms with Gasteiger partial charge in [-0.3, -0.25) is 0 Å². The summed E-state index contributed by atoms with van der Waals surface area (Å²) in [6.07, 6.45) is 1.03. The fraction of sp³-hybridized carbons (Fsp3) is 0.250. The van der Waals surface area contributed by atoms with Crippen molar-refractivity contribution in [3.05, 3.63) is 57.0 Å². The second kappa shape index (κ2) is 7.79. The number of halogens is 3. The van der Waals surface area contributed by atoms with Crippen LogP contribution in [0, 0.1) is 0 Å². The summed E-state index contributed by atoms with van der Waals surface area (Å²) in [6.45, 7) is 3.27. The van der Waals surface area contributed by atoms with Crippen molar-refractivity contribution in [3.8, 4) is 5.75 Å². The maximum absolute atomic E-state index is 6.08. The molecule has 1 N–H and O–H groups in total. The molecule has 0 fully saturated rings. The number of aryl methyl sites for hydroxylation is 1. The molecule has 5 heteroatoms. The van der Waals surface area contributed by atoms with Crippen molar-refractivity contribution in [2.75, 3.05) is 18.5 Å². The van der Waals surface area contributed by atoms with Gasteiger partial charge < -0.3 is 10.1 Å². The number of nitrogens with one attached hydrogen (secondary N) is 1. The van der Waals surface area contributed by atoms with Crippen molar-refractivity contribution in [1.82, 2.24) is 0 Å². The number of benzene rings is 2. The third-order valence-corrected chi connectivity index (χ3v) is 4.06. The monoisotopic (exact) mass is 343 g/mol. The van der Waals surface area contributed by atoms with Crippen LogP contribution in [0.4, 0.5) is 5.69 Å². The summed E-state index contributed by atoms with van der Waals surface area (Å²) < 4.78 is 5.66. The van der Waals surface area contributed by atoms with E-state index in [2.05, 4.69) is 24.4 Å². The van der Waals surface area contributed by atoms with Gasteiger partial charge >= 0.3 is 0 Å². The van der Waals surface area contributed by atoms with Crippen LogP contribution in [-0.2, 0) is 6.42 Å². The molecule has 0 aliphatic rings. The van der Waals surface area contributed by atoms with Crippen LogP contribution < -0.4 is 10.1 Å². The maximum atomic E-state index is 6.08. The fourth-order valence-corrected chi connectivity index (χ4v) is 2.45. The van der Waals surface area contributed by atoms with Crippen LogP contribution in [0.2, 0.25) is 15.1 Å². The van der Waals surface area contributed by atoms with Crippen molar-refractivity contribution in [3.63, 3.8) is 0 Å². The van der Waals surface area contributed by atoms with E-state index in [4.69, 9.17) is 39.5 Å². The van der Waals surface area contributed by atoms with Crippen LogP contribution in [-0.4, -0.2) is 13.2 Å². The van der Waals surface area contributed by atoms with Gasteiger partial charge in [-0.25, -0.2) is 0 Å². The highest BCUT2D eigenvalue weighted by atomic mass is 35.5. The summed E-state index contributed by atoms with van der Waals surface area (Å²) >= 11 is 17.9. The van der Waals surface area contributed by atoms with Crippen LogP contribution in [0.15, 0.2) is 36.4 Å². The smallest absolute Gasteiger partial charge is 0.119 e. The first-order valence-electron chi connectivity index (χ1n) is 6.70. The number of anilines is 1. The zero-order valence-electron chi connectivity index (χ0n) is 11.6. The van der Waals surface area contributed by atoms with Crippen molar-refractivity contribution in [1.29, 1.82) is 0 Å². The molecule has 0 radical (unpaired) electrons. The van der Waals surface area contributed by atoms with Gasteiger partial charge in [0.2, 0.25) is 0 Å². The predicted octanol–water partition coefficient (Wildman–Crippen LogP) is 5.70. The third kappa shape index (κ3) is 4.70. The molecule has 2 rings (SSSR count). The van der Waals surface area contributed by atoms with E-state index in [1.54, 1.807) is 12.1 Å². The SMILES string of the molecule is CCc1ccc(OCCNc2cc(Cl)c(Cl)cc2Cl)cc1. The fourth-order valence-electron chi connectivity index (χ4n) is 1.83. The van der Waals surface area contributed by atoms with Crippen molar-refractivity contribution in [2.45, 2.75) is 13.3 Å². The van der Waals surface area contributed by atoms with Crippen LogP contribution in [0.1, 0.15) is 12.5 Å². The minimum Gasteiger partial charge on any atom is -0.492 e. The van der Waals surface area contributed by atoms with Gasteiger partial charge in [0.1, 0.15) is 12.4 Å². The summed E-state index contributed by atoms with van der Waals surface area (Å²) in [4.78, 5) is 0. The van der Waals surface area contributed by atoms with Crippen LogP contribution in [0.25, 0.3) is 0 Å². The van der Waals surface area contributed by atoms with Crippen molar-refractivity contribution >= 4 is 40.5 Å². The van der Waals surface area contributed by atoms with Gasteiger partial charge in [0.05, 0.1) is 20.8 Å². The molecule has 0 aliphatic carbocycles. The molecule has 0 aromatic heterocycles. The van der Waals surface area contributed by atoms with Gasteiger partial charge in [0, 0.05) is 6.54 Å². The van der Waals surface area contributed by atoms with Crippen LogP contribution in [0.5, 0.6) is 5.75 Å². The lowest BCUT2D eigenvalue weighted by molar-refractivity contribution is 0.333. The zero-order valence-corrected chi connectivity index (χ0v) is 13.9. The van der Waals surface area contributed by atoms with Gasteiger partial charge in [-0.2, -0.15) is 0 Å². The Bertz CT molecular complexity index is 599. The minimum absolute atomic E-state index is 0.444. The molecule has 0 aliphatic heterocycles. The second-order valence-corrected chi connectivity index (χ2v) is 5.74. The van der Waals surface area contributed by atoms with Crippen molar-refractivity contribution in [2.24, 2.45) is 0 Å². The summed E-state index contributed by atoms with van der Waals surface area (Å²) in [5, 5.41) is 4.63. The Labute approximate surface area is 140 Å². The summed E-state index contributed by atoms with van der Waals surface area (Å²) in [6, 6.07) is 11.4. The van der Waals surface area contributed by atoms with E-state index in [0.717, 1.165) is 17.9 Å². The quantitative estimate of drug-likeness (QED) is 0.536. The molecule has 21 heavy (non-hydrogen) atoms. The highest BCUT2D eigenvalue weighted by Gasteiger charge is 2.05. The normalized spacial score (nSPS) is 10.5. The number of rotatable bonds is 6. The number of hydrogen-bond acceptors (Lipinski definition) is 2. The third-order valence-electron chi connectivity index (χ3n) is 3.03. The summed E-state index contributed by atoms with van der Waals surface area (Å²) in [7, 11) is 0. The molecule has 0 saturated heterocycles. The van der Waals surface area contributed by atoms with E-state index in [-0.39, 0.29) is 0 Å². The van der Waals surface area contributed by atoms with E-state index in [9.17, 15) is 0 Å². The van der Waals surface area contributed by atoms with Gasteiger partial charge in [0.25, 0.3) is 0 Å². The lowest BCUT2D eigenvalue weighted by Gasteiger charge is -2.11. The van der Waals surface area contributed by atoms with Crippen LogP contribution >= 0.6 is 34.8 Å². The van der Waals surface area contributed by atoms with Crippen LogP contribution in [0.3, 0.4) is 0 Å². The minimum atomic E-state index is 0.444. The Morgan fingerprint density at radius 1 is 0.952 bits per heavy atom. The molecule has 0 heterocycles. The van der Waals surface area contributed by atoms with Crippen molar-refractivity contribution < 1.29 is 4.74 Å². The highest BCUT2D eigenvalue weighted by molar-refractivity contribution is 6.44. The molecular weight excluding hydrogens is 329 g/mol. The lowest BCUT2D eigenvalue weighted by Crippen LogP contribution is -2.11. The first-order chi connectivity index (χ1) is 10.1. The standard InChI is InChI=1S/C16H16Cl3NO/c1-2-11-3-5-12(6-4-11)21-8-7-20-16-10-14(18)13(17)9-15(16)19/h3-6,9-10,20H,2,7-8H2,1H3. The average molecular weight is 345 g/mol. The molecule has 0 unspecified atom stereocenters. The Kier molecular flexibility index (Phi) is 6.04. The van der Waals surface area contributed by atoms with Gasteiger partial charge in [-0.15, -0.1) is 0 Å². The Morgan fingerprint density at radius 3 is 2.29 bits per heavy atom. The Hall–Kier alpha value is -1.09. The van der Waals surface area contributed by atoms with E-state index >= 15 is 0 Å². The molecule has 2 nitrogen and oxygen atoms in total. The second-order valence-electron chi connectivity index (χ2n) is 4.52. The predicted molar refractivity (Wildman–Crippen MR) is 91.3 cm³/mol. The molecular formula is C16H16Cl3NO. The van der Waals surface area contributed by atoms with E-state index in [0.29, 0.717) is 28.2 Å². The zero-order chi connectivity index (χ0) is 15.2. The van der Waals surface area contributed by atoms with E-state index < -0.39 is 0 Å². The molecule has 2 aromatic carbocycles.